The Morgan fingerprint density at radius 1 is 1.00 bits per heavy atom. The first-order valence-electron chi connectivity index (χ1n) is 1.11. The summed E-state index contributed by atoms with van der Waals surface area (Å²) in [5, 5.41) is 17.8. The van der Waals surface area contributed by atoms with Gasteiger partial charge in [-0.15, -0.1) is 45.2 Å². The van der Waals surface area contributed by atoms with Crippen LogP contribution in [0.2, 0.25) is 0 Å². The number of rotatable bonds is 0. The molecule has 0 amide bonds. The zero-order chi connectivity index (χ0) is 5.41. The minimum absolute atomic E-state index is 0. The topological polar surface area (TPSA) is 46.1 Å². The molecule has 0 spiro atoms. The molecule has 0 heterocycles. The molecule has 40 valence electrons. The average Bonchev–Trinajstić information content (AvgIpc) is 1.39. The van der Waals surface area contributed by atoms with Crippen LogP contribution in [0.3, 0.4) is 0 Å². The van der Waals surface area contributed by atoms with Crippen LogP contribution in [0.15, 0.2) is 0 Å². The fourth-order valence-electron chi connectivity index (χ4n) is 0. The molecule has 0 aromatic carbocycles. The smallest absolute Gasteiger partial charge is 0.847 e. The third kappa shape index (κ3) is 66.8. The van der Waals surface area contributed by atoms with E-state index < -0.39 is 0 Å². The molecule has 0 aromatic rings. The van der Waals surface area contributed by atoms with Crippen LogP contribution in [0.25, 0.3) is 0 Å². The molecule has 5 heteroatoms. The Hall–Kier alpha value is 2.15. The van der Waals surface area contributed by atoms with Gasteiger partial charge in [0.15, 0.2) is 0 Å². The van der Waals surface area contributed by atoms with E-state index >= 15 is 0 Å². The fraction of sp³-hybridized carbons (Fsp3) is 1.00. The van der Waals surface area contributed by atoms with Gasteiger partial charge in [0, 0.05) is 0 Å². The van der Waals surface area contributed by atoms with Crippen LogP contribution >= 0.6 is 45.2 Å². The molecule has 0 saturated carbocycles. The quantitative estimate of drug-likeness (QED) is 0.326. The van der Waals surface area contributed by atoms with Crippen LogP contribution < -0.4 is 10.2 Å². The molecular formula is C2H4I2MgO2. The molecule has 0 fully saturated rings. The van der Waals surface area contributed by atoms with E-state index in [-0.39, 0.29) is 32.3 Å². The van der Waals surface area contributed by atoms with Crippen LogP contribution in [-0.2, 0) is 0 Å². The first kappa shape index (κ1) is 16.1. The van der Waals surface area contributed by atoms with E-state index in [0.717, 1.165) is 0 Å². The second-order valence-electron chi connectivity index (χ2n) is 0.218. The Morgan fingerprint density at radius 2 is 1.00 bits per heavy atom. The van der Waals surface area contributed by atoms with Crippen LogP contribution in [0.1, 0.15) is 0 Å². The third-order valence-electron chi connectivity index (χ3n) is 0. The summed E-state index contributed by atoms with van der Waals surface area (Å²) in [5.74, 6) is 0. The number of hydrogen-bond acceptors (Lipinski definition) is 2. The fourth-order valence-corrected chi connectivity index (χ4v) is 0. The molecule has 0 N–H and O–H groups in total. The van der Waals surface area contributed by atoms with Crippen molar-refractivity contribution in [2.24, 2.45) is 0 Å². The largest absolute Gasteiger partial charge is 2.00 e. The molecule has 0 aliphatic heterocycles. The van der Waals surface area contributed by atoms with Crippen LogP contribution in [0.5, 0.6) is 0 Å². The van der Waals surface area contributed by atoms with Gasteiger partial charge in [-0.1, -0.05) is 9.23 Å². The summed E-state index contributed by atoms with van der Waals surface area (Å²) in [7, 11) is 0. The normalized spacial score (nSPS) is 5.14. The SMILES string of the molecule is [Mg+2].[O-]CI.[O-]CI. The molecule has 0 saturated heterocycles. The van der Waals surface area contributed by atoms with Crippen molar-refractivity contribution in [3.8, 4) is 0 Å². The summed E-state index contributed by atoms with van der Waals surface area (Å²) in [4.78, 5) is 0. The van der Waals surface area contributed by atoms with Gasteiger partial charge in [0.1, 0.15) is 0 Å². The molecule has 0 atom stereocenters. The molecule has 2 nitrogen and oxygen atoms in total. The second-order valence-corrected chi connectivity index (χ2v) is 1.46. The van der Waals surface area contributed by atoms with E-state index in [1.54, 1.807) is 45.2 Å². The Balaban J connectivity index is -0.0000000400. The average molecular weight is 338 g/mol. The van der Waals surface area contributed by atoms with Crippen LogP contribution in [0, 0.1) is 0 Å². The molecule has 0 bridgehead atoms. The minimum Gasteiger partial charge on any atom is -0.847 e. The first-order chi connectivity index (χ1) is 2.83. The van der Waals surface area contributed by atoms with Crippen molar-refractivity contribution < 1.29 is 10.2 Å². The summed E-state index contributed by atoms with van der Waals surface area (Å²) >= 11 is 3.47. The van der Waals surface area contributed by atoms with Gasteiger partial charge in [-0.05, 0) is 0 Å². The Labute approximate surface area is 86.5 Å². The van der Waals surface area contributed by atoms with Crippen LogP contribution in [0.4, 0.5) is 0 Å². The number of hydrogen-bond donors (Lipinski definition) is 0. The third-order valence-corrected chi connectivity index (χ3v) is 0. The van der Waals surface area contributed by atoms with Gasteiger partial charge in [-0.25, -0.2) is 0 Å². The van der Waals surface area contributed by atoms with Crippen molar-refractivity contribution >= 4 is 68.2 Å². The molecule has 0 unspecified atom stereocenters. The van der Waals surface area contributed by atoms with Gasteiger partial charge in [-0.2, -0.15) is 0 Å². The van der Waals surface area contributed by atoms with Gasteiger partial charge in [0.2, 0.25) is 0 Å². The number of alkyl halides is 2. The first-order valence-corrected chi connectivity index (χ1v) is 4.16. The maximum atomic E-state index is 8.92. The Morgan fingerprint density at radius 3 is 1.00 bits per heavy atom. The van der Waals surface area contributed by atoms with Gasteiger partial charge in [-0.3, -0.25) is 0 Å². The summed E-state index contributed by atoms with van der Waals surface area (Å²) in [5.41, 5.74) is 0. The minimum atomic E-state index is -0.0300. The molecule has 0 radical (unpaired) electrons. The van der Waals surface area contributed by atoms with E-state index in [9.17, 15) is 0 Å². The zero-order valence-electron chi connectivity index (χ0n) is 3.69. The van der Waals surface area contributed by atoms with Crippen molar-refractivity contribution in [2.75, 3.05) is 9.23 Å². The molecule has 7 heavy (non-hydrogen) atoms. The summed E-state index contributed by atoms with van der Waals surface area (Å²) in [6.45, 7) is 0. The molecular weight excluding hydrogens is 334 g/mol. The second kappa shape index (κ2) is 24.2. The molecule has 0 aliphatic carbocycles. The van der Waals surface area contributed by atoms with Crippen molar-refractivity contribution in [3.63, 3.8) is 0 Å². The Bertz CT molecular complexity index is 15.7. The predicted octanol–water partition coefficient (Wildman–Crippen LogP) is -0.902. The molecule has 0 aliphatic rings. The van der Waals surface area contributed by atoms with Crippen molar-refractivity contribution in [2.45, 2.75) is 0 Å². The summed E-state index contributed by atoms with van der Waals surface area (Å²) in [6, 6.07) is 0. The van der Waals surface area contributed by atoms with Gasteiger partial charge in [0.05, 0.1) is 0 Å². The zero-order valence-corrected chi connectivity index (χ0v) is 9.42. The summed E-state index contributed by atoms with van der Waals surface area (Å²) < 4.78 is -0.0600. The molecule has 0 aromatic heterocycles. The van der Waals surface area contributed by atoms with E-state index in [0.29, 0.717) is 0 Å². The van der Waals surface area contributed by atoms with E-state index in [4.69, 9.17) is 10.2 Å². The van der Waals surface area contributed by atoms with Gasteiger partial charge in [0.25, 0.3) is 0 Å². The maximum Gasteiger partial charge on any atom is 2.00 e. The predicted molar refractivity (Wildman–Crippen MR) is 43.5 cm³/mol. The maximum absolute atomic E-state index is 8.92. The number of halogens is 2. The standard InChI is InChI=1S/2CH2IO.Mg/c2*2-1-3;/h2*1H2;/q2*-1;+2. The monoisotopic (exact) mass is 338 g/mol. The van der Waals surface area contributed by atoms with E-state index in [1.807, 2.05) is 0 Å². The van der Waals surface area contributed by atoms with Crippen molar-refractivity contribution in [1.82, 2.24) is 0 Å². The van der Waals surface area contributed by atoms with Crippen molar-refractivity contribution in [3.05, 3.63) is 0 Å². The van der Waals surface area contributed by atoms with E-state index in [2.05, 4.69) is 0 Å². The Kier molecular flexibility index (Phi) is 55.5. The van der Waals surface area contributed by atoms with Gasteiger partial charge < -0.3 is 10.2 Å². The van der Waals surface area contributed by atoms with Gasteiger partial charge >= 0.3 is 23.1 Å². The van der Waals surface area contributed by atoms with Crippen LogP contribution in [-0.4, -0.2) is 32.3 Å². The molecule has 0 rings (SSSR count). The summed E-state index contributed by atoms with van der Waals surface area (Å²) in [6.07, 6.45) is 0. The van der Waals surface area contributed by atoms with Crippen molar-refractivity contribution in [1.29, 1.82) is 0 Å². The van der Waals surface area contributed by atoms with E-state index in [1.165, 1.54) is 0 Å².